The number of furan rings is 1. The summed E-state index contributed by atoms with van der Waals surface area (Å²) in [7, 11) is 0. The minimum atomic E-state index is -0.0187. The predicted molar refractivity (Wildman–Crippen MR) is 84.3 cm³/mol. The molecule has 22 heavy (non-hydrogen) atoms. The van der Waals surface area contributed by atoms with E-state index in [0.29, 0.717) is 16.7 Å². The number of hydrogen-bond acceptors (Lipinski definition) is 6. The lowest BCUT2D eigenvalue weighted by Gasteiger charge is -2.25. The smallest absolute Gasteiger partial charge is 0.229 e. The van der Waals surface area contributed by atoms with Gasteiger partial charge >= 0.3 is 0 Å². The van der Waals surface area contributed by atoms with Gasteiger partial charge < -0.3 is 14.5 Å². The minimum absolute atomic E-state index is 0.00661. The van der Waals surface area contributed by atoms with Gasteiger partial charge in [-0.1, -0.05) is 11.3 Å². The van der Waals surface area contributed by atoms with Crippen molar-refractivity contribution in [3.05, 3.63) is 29.2 Å². The van der Waals surface area contributed by atoms with Crippen molar-refractivity contribution in [2.24, 2.45) is 5.92 Å². The molecular formula is C15H17N3O3S. The zero-order chi connectivity index (χ0) is 15.4. The van der Waals surface area contributed by atoms with Gasteiger partial charge in [-0.05, 0) is 44.1 Å². The molecule has 2 aromatic heterocycles. The van der Waals surface area contributed by atoms with Crippen LogP contribution in [0, 0.1) is 5.92 Å². The highest BCUT2D eigenvalue weighted by molar-refractivity contribution is 7.16. The van der Waals surface area contributed by atoms with Crippen LogP contribution in [0.4, 0.5) is 5.13 Å². The van der Waals surface area contributed by atoms with E-state index in [9.17, 15) is 4.79 Å². The molecule has 0 aromatic carbocycles. The molecule has 3 rings (SSSR count). The van der Waals surface area contributed by atoms with E-state index in [1.54, 1.807) is 6.26 Å². The highest BCUT2D eigenvalue weighted by Crippen LogP contribution is 2.23. The molecule has 1 N–H and O–H groups in total. The summed E-state index contributed by atoms with van der Waals surface area (Å²) in [4.78, 5) is 12.2. The zero-order valence-electron chi connectivity index (χ0n) is 12.2. The van der Waals surface area contributed by atoms with E-state index < -0.39 is 0 Å². The maximum atomic E-state index is 12.2. The van der Waals surface area contributed by atoms with Crippen molar-refractivity contribution in [3.63, 3.8) is 0 Å². The van der Waals surface area contributed by atoms with Crippen molar-refractivity contribution >= 4 is 34.5 Å². The molecular weight excluding hydrogens is 302 g/mol. The third-order valence-electron chi connectivity index (χ3n) is 3.46. The topological polar surface area (TPSA) is 77.3 Å². The van der Waals surface area contributed by atoms with Gasteiger partial charge in [-0.25, -0.2) is 0 Å². The summed E-state index contributed by atoms with van der Waals surface area (Å²) in [6.07, 6.45) is 6.86. The maximum Gasteiger partial charge on any atom is 0.229 e. The summed E-state index contributed by atoms with van der Waals surface area (Å²) in [5, 5.41) is 12.1. The fourth-order valence-electron chi connectivity index (χ4n) is 2.34. The summed E-state index contributed by atoms with van der Waals surface area (Å²) >= 11 is 1.33. The second-order valence-electron chi connectivity index (χ2n) is 5.19. The van der Waals surface area contributed by atoms with Crippen LogP contribution in [0.25, 0.3) is 12.2 Å². The third-order valence-corrected chi connectivity index (χ3v) is 4.26. The first kappa shape index (κ1) is 14.9. The molecule has 0 aliphatic carbocycles. The van der Waals surface area contributed by atoms with Gasteiger partial charge in [0.05, 0.1) is 12.4 Å². The molecule has 1 aliphatic heterocycles. The van der Waals surface area contributed by atoms with Crippen LogP contribution in [0.1, 0.15) is 30.5 Å². The molecule has 1 fully saturated rings. The van der Waals surface area contributed by atoms with Crippen molar-refractivity contribution < 1.29 is 13.9 Å². The summed E-state index contributed by atoms with van der Waals surface area (Å²) < 4.78 is 10.7. The van der Waals surface area contributed by atoms with Crippen molar-refractivity contribution in [2.75, 3.05) is 11.9 Å². The standard InChI is InChI=1S/C15H17N3O3S/c1-10-9-11(6-8-20-10)14(19)16-15-18-17-13(22-15)5-4-12-3-2-7-21-12/h2-5,7,10-11H,6,8-9H2,1H3,(H,16,18,19). The first-order chi connectivity index (χ1) is 10.7. The van der Waals surface area contributed by atoms with Crippen LogP contribution in [0.5, 0.6) is 0 Å². The molecule has 7 heteroatoms. The lowest BCUT2D eigenvalue weighted by molar-refractivity contribution is -0.124. The van der Waals surface area contributed by atoms with E-state index in [1.807, 2.05) is 31.2 Å². The van der Waals surface area contributed by atoms with Crippen LogP contribution in [0.2, 0.25) is 0 Å². The van der Waals surface area contributed by atoms with E-state index in [4.69, 9.17) is 9.15 Å². The van der Waals surface area contributed by atoms with E-state index in [0.717, 1.165) is 18.6 Å². The van der Waals surface area contributed by atoms with Crippen LogP contribution < -0.4 is 5.32 Å². The van der Waals surface area contributed by atoms with Crippen molar-refractivity contribution in [1.82, 2.24) is 10.2 Å². The molecule has 0 bridgehead atoms. The molecule has 3 heterocycles. The van der Waals surface area contributed by atoms with Crippen LogP contribution in [-0.2, 0) is 9.53 Å². The van der Waals surface area contributed by atoms with Gasteiger partial charge in [0.25, 0.3) is 0 Å². The van der Waals surface area contributed by atoms with Crippen LogP contribution in [0.3, 0.4) is 0 Å². The molecule has 116 valence electrons. The highest BCUT2D eigenvalue weighted by atomic mass is 32.1. The third kappa shape index (κ3) is 3.80. The molecule has 6 nitrogen and oxygen atoms in total. The number of rotatable bonds is 4. The first-order valence-corrected chi connectivity index (χ1v) is 8.00. The molecule has 0 spiro atoms. The molecule has 1 saturated heterocycles. The Morgan fingerprint density at radius 1 is 1.45 bits per heavy atom. The van der Waals surface area contributed by atoms with Crippen molar-refractivity contribution in [3.8, 4) is 0 Å². The quantitative estimate of drug-likeness (QED) is 0.937. The molecule has 1 aliphatic rings. The molecule has 0 saturated carbocycles. The fourth-order valence-corrected chi connectivity index (χ4v) is 2.98. The predicted octanol–water partition coefficient (Wildman–Crippen LogP) is 3.06. The number of nitrogens with one attached hydrogen (secondary N) is 1. The van der Waals surface area contributed by atoms with Crippen LogP contribution in [0.15, 0.2) is 22.8 Å². The molecule has 1 amide bonds. The van der Waals surface area contributed by atoms with Gasteiger partial charge in [0.1, 0.15) is 10.8 Å². The van der Waals surface area contributed by atoms with E-state index >= 15 is 0 Å². The minimum Gasteiger partial charge on any atom is -0.465 e. The second-order valence-corrected chi connectivity index (χ2v) is 6.20. The maximum absolute atomic E-state index is 12.2. The summed E-state index contributed by atoms with van der Waals surface area (Å²) in [6.45, 7) is 2.62. The number of hydrogen-bond donors (Lipinski definition) is 1. The van der Waals surface area contributed by atoms with Crippen LogP contribution in [-0.4, -0.2) is 28.8 Å². The zero-order valence-corrected chi connectivity index (χ0v) is 13.0. The molecule has 2 atom stereocenters. The Labute approximate surface area is 132 Å². The molecule has 2 aromatic rings. The summed E-state index contributed by atoms with van der Waals surface area (Å²) in [6, 6.07) is 3.67. The number of amides is 1. The summed E-state index contributed by atoms with van der Waals surface area (Å²) in [5.74, 6) is 0.722. The van der Waals surface area contributed by atoms with Crippen molar-refractivity contribution in [2.45, 2.75) is 25.9 Å². The largest absolute Gasteiger partial charge is 0.465 e. The second kappa shape index (κ2) is 6.85. The Hall–Kier alpha value is -1.99. The van der Waals surface area contributed by atoms with Gasteiger partial charge in [0.15, 0.2) is 0 Å². The number of ether oxygens (including phenoxy) is 1. The number of aromatic nitrogens is 2. The fraction of sp³-hybridized carbons (Fsp3) is 0.400. The number of anilines is 1. The number of carbonyl (C=O) groups excluding carboxylic acids is 1. The number of carbonyl (C=O) groups is 1. The molecule has 0 radical (unpaired) electrons. The first-order valence-electron chi connectivity index (χ1n) is 7.18. The van der Waals surface area contributed by atoms with Crippen LogP contribution >= 0.6 is 11.3 Å². The van der Waals surface area contributed by atoms with Gasteiger partial charge in [0, 0.05) is 12.5 Å². The van der Waals surface area contributed by atoms with Gasteiger partial charge in [0.2, 0.25) is 11.0 Å². The lowest BCUT2D eigenvalue weighted by atomic mass is 9.95. The van der Waals surface area contributed by atoms with Crippen molar-refractivity contribution in [1.29, 1.82) is 0 Å². The Bertz CT molecular complexity index is 651. The van der Waals surface area contributed by atoms with Gasteiger partial charge in [-0.15, -0.1) is 10.2 Å². The molecule has 2 unspecified atom stereocenters. The highest BCUT2D eigenvalue weighted by Gasteiger charge is 2.26. The monoisotopic (exact) mass is 319 g/mol. The average molecular weight is 319 g/mol. The Morgan fingerprint density at radius 2 is 2.36 bits per heavy atom. The van der Waals surface area contributed by atoms with Gasteiger partial charge in [-0.2, -0.15) is 0 Å². The number of nitrogens with zero attached hydrogens (tertiary/aromatic N) is 2. The average Bonchev–Trinajstić information content (AvgIpc) is 3.16. The van der Waals surface area contributed by atoms with E-state index in [2.05, 4.69) is 15.5 Å². The Kier molecular flexibility index (Phi) is 4.65. The summed E-state index contributed by atoms with van der Waals surface area (Å²) in [5.41, 5.74) is 0. The lowest BCUT2D eigenvalue weighted by Crippen LogP contribution is -2.32. The van der Waals surface area contributed by atoms with Gasteiger partial charge in [-0.3, -0.25) is 4.79 Å². The Balaban J connectivity index is 1.58. The van der Waals surface area contributed by atoms with E-state index in [1.165, 1.54) is 11.3 Å². The normalized spacial score (nSPS) is 22.0. The van der Waals surface area contributed by atoms with E-state index in [-0.39, 0.29) is 17.9 Å². The SMILES string of the molecule is CC1CC(C(=O)Nc2nnc(C=Cc3ccco3)s2)CCO1. The Morgan fingerprint density at radius 3 is 3.14 bits per heavy atom.